The van der Waals surface area contributed by atoms with Crippen molar-refractivity contribution in [3.8, 4) is 5.75 Å². The van der Waals surface area contributed by atoms with E-state index in [2.05, 4.69) is 0 Å². The third-order valence-corrected chi connectivity index (χ3v) is 1.20. The number of hydrogen-bond acceptors (Lipinski definition) is 2. The fourth-order valence-corrected chi connectivity index (χ4v) is 0.677. The van der Waals surface area contributed by atoms with Gasteiger partial charge in [-0.1, -0.05) is 11.8 Å². The van der Waals surface area contributed by atoms with Crippen molar-refractivity contribution in [1.29, 1.82) is 0 Å². The molecule has 0 heterocycles. The summed E-state index contributed by atoms with van der Waals surface area (Å²) in [6.45, 7) is 0. The van der Waals surface area contributed by atoms with Crippen molar-refractivity contribution in [1.82, 2.24) is 0 Å². The number of rotatable bonds is 1. The normalized spacial score (nSPS) is 9.55. The van der Waals surface area contributed by atoms with E-state index in [1.807, 2.05) is 0 Å². The van der Waals surface area contributed by atoms with Crippen LogP contribution in [0, 0.1) is 5.82 Å². The zero-order chi connectivity index (χ0) is 8.43. The van der Waals surface area contributed by atoms with Gasteiger partial charge >= 0.3 is 5.97 Å². The first kappa shape index (κ1) is 7.53. The maximum atomic E-state index is 12.4. The lowest BCUT2D eigenvalue weighted by Gasteiger charge is -2.09. The molecule has 0 aliphatic carbocycles. The largest absolute Gasteiger partial charge is 0.870 e. The Balaban J connectivity index is 3.27. The fraction of sp³-hybridized carbons (Fsp3) is 0. The lowest BCUT2D eigenvalue weighted by Crippen LogP contribution is -2.05. The summed E-state index contributed by atoms with van der Waals surface area (Å²) in [4.78, 5) is 10.2. The Bertz CT molecular complexity index is 296. The summed E-state index contributed by atoms with van der Waals surface area (Å²) < 4.78 is 12.4. The van der Waals surface area contributed by atoms with E-state index in [1.165, 1.54) is 6.07 Å². The molecular weight excluding hydrogens is 151 g/mol. The predicted molar refractivity (Wildman–Crippen MR) is 32.8 cm³/mol. The van der Waals surface area contributed by atoms with Crippen LogP contribution in [-0.2, 0) is 0 Å². The first-order valence-electron chi connectivity index (χ1n) is 2.81. The van der Waals surface area contributed by atoms with Gasteiger partial charge in [-0.05, 0) is 12.1 Å². The maximum Gasteiger partial charge on any atom is 0.335 e. The fourth-order valence-electron chi connectivity index (χ4n) is 0.677. The van der Waals surface area contributed by atoms with Crippen LogP contribution in [-0.4, -0.2) is 11.1 Å². The van der Waals surface area contributed by atoms with Crippen molar-refractivity contribution < 1.29 is 19.4 Å². The van der Waals surface area contributed by atoms with Gasteiger partial charge in [-0.15, -0.1) is 0 Å². The molecule has 0 atom stereocenters. The minimum Gasteiger partial charge on any atom is -0.870 e. The number of halogens is 1. The molecule has 0 bridgehead atoms. The van der Waals surface area contributed by atoms with Crippen LogP contribution in [0.4, 0.5) is 4.39 Å². The molecule has 0 aliphatic rings. The molecule has 58 valence electrons. The van der Waals surface area contributed by atoms with Crippen LogP contribution in [0.1, 0.15) is 10.4 Å². The molecule has 0 aliphatic heterocycles. The van der Waals surface area contributed by atoms with Gasteiger partial charge in [0.2, 0.25) is 0 Å². The van der Waals surface area contributed by atoms with Gasteiger partial charge < -0.3 is 10.2 Å². The molecule has 1 aromatic rings. The number of carboxylic acids is 1. The predicted octanol–water partition coefficient (Wildman–Crippen LogP) is 0.597. The third-order valence-electron chi connectivity index (χ3n) is 1.20. The molecule has 1 aromatic carbocycles. The minimum atomic E-state index is -1.41. The first-order chi connectivity index (χ1) is 5.13. The Morgan fingerprint density at radius 2 is 2.18 bits per heavy atom. The van der Waals surface area contributed by atoms with E-state index in [0.717, 1.165) is 12.1 Å². The number of benzene rings is 1. The van der Waals surface area contributed by atoms with Crippen LogP contribution in [0.2, 0.25) is 0 Å². The van der Waals surface area contributed by atoms with Crippen molar-refractivity contribution >= 4 is 5.97 Å². The van der Waals surface area contributed by atoms with E-state index in [0.29, 0.717) is 0 Å². The van der Waals surface area contributed by atoms with Crippen LogP contribution in [0.25, 0.3) is 0 Å². The van der Waals surface area contributed by atoms with Gasteiger partial charge in [0.25, 0.3) is 0 Å². The second-order valence-corrected chi connectivity index (χ2v) is 1.92. The Hall–Kier alpha value is -1.58. The Labute approximate surface area is 61.7 Å². The molecule has 1 rings (SSSR count). The molecule has 0 radical (unpaired) electrons. The van der Waals surface area contributed by atoms with Crippen molar-refractivity contribution in [2.45, 2.75) is 0 Å². The zero-order valence-electron chi connectivity index (χ0n) is 5.37. The molecule has 0 fully saturated rings. The second-order valence-electron chi connectivity index (χ2n) is 1.92. The number of aromatic carboxylic acids is 1. The minimum absolute atomic E-state index is 0.537. The zero-order valence-corrected chi connectivity index (χ0v) is 5.37. The van der Waals surface area contributed by atoms with Gasteiger partial charge in [0.15, 0.2) is 0 Å². The van der Waals surface area contributed by atoms with Crippen molar-refractivity contribution in [2.24, 2.45) is 0 Å². The molecule has 0 unspecified atom stereocenters. The van der Waals surface area contributed by atoms with Crippen molar-refractivity contribution in [3.63, 3.8) is 0 Å². The summed E-state index contributed by atoms with van der Waals surface area (Å²) in [6, 6.07) is 3.17. The van der Waals surface area contributed by atoms with Crippen molar-refractivity contribution in [3.05, 3.63) is 29.6 Å². The van der Waals surface area contributed by atoms with E-state index in [4.69, 9.17) is 5.11 Å². The molecule has 0 saturated carbocycles. The number of carboxylic acid groups (broad SMARTS) is 1. The highest BCUT2D eigenvalue weighted by Gasteiger charge is 2.04. The lowest BCUT2D eigenvalue weighted by atomic mass is 10.2. The average Bonchev–Trinajstić information content (AvgIpc) is 1.94. The second kappa shape index (κ2) is 2.57. The van der Waals surface area contributed by atoms with Crippen LogP contribution in [0.5, 0.6) is 5.75 Å². The first-order valence-corrected chi connectivity index (χ1v) is 2.81. The summed E-state index contributed by atoms with van der Waals surface area (Å²) in [6.07, 6.45) is 0. The van der Waals surface area contributed by atoms with E-state index >= 15 is 0 Å². The van der Waals surface area contributed by atoms with Crippen molar-refractivity contribution in [2.75, 3.05) is 0 Å². The van der Waals surface area contributed by atoms with Crippen LogP contribution in [0.3, 0.4) is 0 Å². The highest BCUT2D eigenvalue weighted by Crippen LogP contribution is 2.16. The molecule has 0 amide bonds. The Morgan fingerprint density at radius 1 is 1.55 bits per heavy atom. The van der Waals surface area contributed by atoms with E-state index < -0.39 is 23.1 Å². The number of carbonyl (C=O) groups is 1. The van der Waals surface area contributed by atoms with Crippen LogP contribution in [0.15, 0.2) is 18.2 Å². The van der Waals surface area contributed by atoms with Crippen LogP contribution >= 0.6 is 0 Å². The number of hydrogen-bond donors (Lipinski definition) is 1. The summed E-state index contributed by atoms with van der Waals surface area (Å²) in [5.41, 5.74) is -0.537. The van der Waals surface area contributed by atoms with Gasteiger partial charge in [-0.3, -0.25) is 0 Å². The molecule has 0 aromatic heterocycles. The number of para-hydroxylation sites is 1. The Kier molecular flexibility index (Phi) is 1.76. The summed E-state index contributed by atoms with van der Waals surface area (Å²) >= 11 is 0. The third kappa shape index (κ3) is 1.29. The average molecular weight is 155 g/mol. The van der Waals surface area contributed by atoms with Gasteiger partial charge in [0, 0.05) is 0 Å². The van der Waals surface area contributed by atoms with Gasteiger partial charge in [-0.25, -0.2) is 9.18 Å². The SMILES string of the molecule is O=C(O)c1cccc(F)c1[O-]. The van der Waals surface area contributed by atoms with Crippen LogP contribution < -0.4 is 5.11 Å². The van der Waals surface area contributed by atoms with E-state index in [-0.39, 0.29) is 0 Å². The molecule has 0 saturated heterocycles. The smallest absolute Gasteiger partial charge is 0.335 e. The lowest BCUT2D eigenvalue weighted by molar-refractivity contribution is -0.273. The molecular formula is C7H4FO3-. The molecule has 1 N–H and O–H groups in total. The summed E-state index contributed by atoms with van der Waals surface area (Å²) in [7, 11) is 0. The highest BCUT2D eigenvalue weighted by molar-refractivity contribution is 5.90. The van der Waals surface area contributed by atoms with Gasteiger partial charge in [-0.2, -0.15) is 0 Å². The molecule has 3 nitrogen and oxygen atoms in total. The monoisotopic (exact) mass is 155 g/mol. The maximum absolute atomic E-state index is 12.4. The molecule has 0 spiro atoms. The summed E-state index contributed by atoms with van der Waals surface area (Å²) in [5, 5.41) is 19.0. The van der Waals surface area contributed by atoms with E-state index in [9.17, 15) is 14.3 Å². The highest BCUT2D eigenvalue weighted by atomic mass is 19.1. The summed E-state index contributed by atoms with van der Waals surface area (Å²) in [5.74, 6) is -3.51. The quantitative estimate of drug-likeness (QED) is 0.645. The topological polar surface area (TPSA) is 60.4 Å². The van der Waals surface area contributed by atoms with E-state index in [1.54, 1.807) is 0 Å². The Morgan fingerprint density at radius 3 is 2.64 bits per heavy atom. The molecule has 4 heteroatoms. The van der Waals surface area contributed by atoms with Gasteiger partial charge in [0.05, 0.1) is 5.56 Å². The standard InChI is InChI=1S/C7H5FO3/c8-5-3-1-2-4(6(5)9)7(10)11/h1-3,9H,(H,10,11)/p-1. The van der Waals surface area contributed by atoms with Gasteiger partial charge in [0.1, 0.15) is 5.82 Å². The molecule has 11 heavy (non-hydrogen) atoms.